The third-order valence-corrected chi connectivity index (χ3v) is 4.72. The molecule has 1 unspecified atom stereocenters. The summed E-state index contributed by atoms with van der Waals surface area (Å²) in [6.45, 7) is 0.576. The average molecular weight is 382 g/mol. The van der Waals surface area contributed by atoms with Crippen molar-refractivity contribution in [2.24, 2.45) is 0 Å². The Balaban J connectivity index is 1.80. The highest BCUT2D eigenvalue weighted by Gasteiger charge is 2.27. The van der Waals surface area contributed by atoms with Crippen LogP contribution in [0.3, 0.4) is 0 Å². The number of aromatic amines is 1. The lowest BCUT2D eigenvalue weighted by molar-refractivity contribution is 0.106. The second kappa shape index (κ2) is 6.70. The normalized spacial score (nSPS) is 18.2. The van der Waals surface area contributed by atoms with Crippen molar-refractivity contribution in [3.63, 3.8) is 0 Å². The lowest BCUT2D eigenvalue weighted by atomic mass is 10.00. The van der Waals surface area contributed by atoms with Gasteiger partial charge in [0.15, 0.2) is 0 Å². The van der Waals surface area contributed by atoms with Gasteiger partial charge in [-0.2, -0.15) is 0 Å². The van der Waals surface area contributed by atoms with E-state index >= 15 is 0 Å². The van der Waals surface area contributed by atoms with Gasteiger partial charge in [0.25, 0.3) is 0 Å². The van der Waals surface area contributed by atoms with E-state index in [1.54, 1.807) is 12.1 Å². The number of imidazole rings is 1. The van der Waals surface area contributed by atoms with Crippen LogP contribution in [0.2, 0.25) is 0 Å². The van der Waals surface area contributed by atoms with Crippen molar-refractivity contribution in [3.8, 4) is 11.3 Å². The number of hydrogen-bond acceptors (Lipinski definition) is 2. The Morgan fingerprint density at radius 3 is 2.83 bits per heavy atom. The third kappa shape index (κ3) is 3.55. The first-order chi connectivity index (χ1) is 11.0. The number of carbonyl (C=O) groups is 1. The minimum atomic E-state index is -0.876. The van der Waals surface area contributed by atoms with Crippen LogP contribution < -0.4 is 0 Å². The van der Waals surface area contributed by atoms with Crippen molar-refractivity contribution in [2.75, 3.05) is 6.54 Å². The number of H-pyrrole nitrogens is 1. The van der Waals surface area contributed by atoms with E-state index in [9.17, 15) is 14.3 Å². The smallest absolute Gasteiger partial charge is 0.407 e. The molecule has 0 bridgehead atoms. The molecule has 2 heterocycles. The average Bonchev–Trinajstić information content (AvgIpc) is 2.89. The van der Waals surface area contributed by atoms with E-state index in [2.05, 4.69) is 25.9 Å². The van der Waals surface area contributed by atoms with E-state index in [1.807, 2.05) is 0 Å². The molecule has 1 atom stereocenters. The van der Waals surface area contributed by atoms with Crippen molar-refractivity contribution in [1.29, 1.82) is 0 Å². The maximum absolute atomic E-state index is 13.0. The quantitative estimate of drug-likeness (QED) is 0.842. The maximum atomic E-state index is 13.0. The second-order valence-corrected chi connectivity index (χ2v) is 6.44. The van der Waals surface area contributed by atoms with Gasteiger partial charge in [-0.15, -0.1) is 0 Å². The van der Waals surface area contributed by atoms with Gasteiger partial charge < -0.3 is 15.0 Å². The molecule has 122 valence electrons. The van der Waals surface area contributed by atoms with Gasteiger partial charge in [-0.05, 0) is 59.5 Å². The Hall–Kier alpha value is -1.89. The zero-order valence-corrected chi connectivity index (χ0v) is 14.0. The Labute approximate surface area is 141 Å². The minimum Gasteiger partial charge on any atom is -0.465 e. The molecule has 7 heteroatoms. The molecule has 0 aliphatic carbocycles. The van der Waals surface area contributed by atoms with Crippen molar-refractivity contribution < 1.29 is 14.3 Å². The Morgan fingerprint density at radius 2 is 2.13 bits per heavy atom. The maximum Gasteiger partial charge on any atom is 0.407 e. The van der Waals surface area contributed by atoms with Crippen LogP contribution in [0.15, 0.2) is 28.9 Å². The minimum absolute atomic E-state index is 0.0552. The SMILES string of the molecule is O=C(O)N1CCCCC1Cc1nc(Br)c(-c2ccc(F)cc2)[nH]1. The molecular weight excluding hydrogens is 365 g/mol. The standard InChI is InChI=1S/C16H17BrFN3O2/c17-15-14(10-4-6-11(18)7-5-10)19-13(20-15)9-12-3-1-2-8-21(12)16(22)23/h4-7,12H,1-3,8-9H2,(H,19,20)(H,22,23). The van der Waals surface area contributed by atoms with Crippen LogP contribution in [-0.4, -0.2) is 38.7 Å². The van der Waals surface area contributed by atoms with Gasteiger partial charge in [0.05, 0.1) is 5.69 Å². The molecule has 1 amide bonds. The number of aromatic nitrogens is 2. The van der Waals surface area contributed by atoms with Crippen molar-refractivity contribution in [3.05, 3.63) is 40.5 Å². The predicted molar refractivity (Wildman–Crippen MR) is 87.8 cm³/mol. The van der Waals surface area contributed by atoms with Crippen molar-refractivity contribution in [2.45, 2.75) is 31.7 Å². The number of likely N-dealkylation sites (tertiary alicyclic amines) is 1. The molecule has 0 spiro atoms. The summed E-state index contributed by atoms with van der Waals surface area (Å²) in [7, 11) is 0. The van der Waals surface area contributed by atoms with Gasteiger partial charge in [0, 0.05) is 24.6 Å². The molecular formula is C16H17BrFN3O2. The molecule has 0 radical (unpaired) electrons. The number of carboxylic acid groups (broad SMARTS) is 1. The summed E-state index contributed by atoms with van der Waals surface area (Å²) >= 11 is 3.42. The summed E-state index contributed by atoms with van der Waals surface area (Å²) in [4.78, 5) is 20.5. The largest absolute Gasteiger partial charge is 0.465 e. The van der Waals surface area contributed by atoms with Crippen LogP contribution in [0.5, 0.6) is 0 Å². The second-order valence-electron chi connectivity index (χ2n) is 5.69. The number of piperidine rings is 1. The fourth-order valence-corrected chi connectivity index (χ4v) is 3.53. The van der Waals surface area contributed by atoms with Crippen LogP contribution in [-0.2, 0) is 6.42 Å². The monoisotopic (exact) mass is 381 g/mol. The molecule has 1 fully saturated rings. The fraction of sp³-hybridized carbons (Fsp3) is 0.375. The van der Waals surface area contributed by atoms with E-state index in [0.29, 0.717) is 17.6 Å². The highest BCUT2D eigenvalue weighted by atomic mass is 79.9. The third-order valence-electron chi connectivity index (χ3n) is 4.14. The van der Waals surface area contributed by atoms with E-state index in [1.165, 1.54) is 17.0 Å². The van der Waals surface area contributed by atoms with Gasteiger partial charge in [-0.3, -0.25) is 0 Å². The van der Waals surface area contributed by atoms with Crippen LogP contribution in [0, 0.1) is 5.82 Å². The number of halogens is 2. The molecule has 2 aromatic rings. The predicted octanol–water partition coefficient (Wildman–Crippen LogP) is 4.05. The number of nitrogens with one attached hydrogen (secondary N) is 1. The highest BCUT2D eigenvalue weighted by Crippen LogP contribution is 2.28. The first-order valence-electron chi connectivity index (χ1n) is 7.54. The van der Waals surface area contributed by atoms with Crippen molar-refractivity contribution >= 4 is 22.0 Å². The van der Waals surface area contributed by atoms with Gasteiger partial charge in [0.1, 0.15) is 16.2 Å². The summed E-state index contributed by atoms with van der Waals surface area (Å²) in [5.74, 6) is 0.443. The van der Waals surface area contributed by atoms with Crippen molar-refractivity contribution in [1.82, 2.24) is 14.9 Å². The van der Waals surface area contributed by atoms with Crippen LogP contribution in [0.4, 0.5) is 9.18 Å². The summed E-state index contributed by atoms with van der Waals surface area (Å²) in [6.07, 6.45) is 2.45. The Bertz CT molecular complexity index is 702. The summed E-state index contributed by atoms with van der Waals surface area (Å²) < 4.78 is 13.7. The fourth-order valence-electron chi connectivity index (χ4n) is 2.99. The molecule has 5 nitrogen and oxygen atoms in total. The number of amides is 1. The van der Waals surface area contributed by atoms with Crippen LogP contribution in [0.1, 0.15) is 25.1 Å². The number of nitrogens with zero attached hydrogens (tertiary/aromatic N) is 2. The molecule has 23 heavy (non-hydrogen) atoms. The first-order valence-corrected chi connectivity index (χ1v) is 8.34. The lowest BCUT2D eigenvalue weighted by Gasteiger charge is -2.33. The summed E-state index contributed by atoms with van der Waals surface area (Å²) in [5, 5.41) is 9.30. The number of hydrogen-bond donors (Lipinski definition) is 2. The van der Waals surface area contributed by atoms with E-state index < -0.39 is 6.09 Å². The lowest BCUT2D eigenvalue weighted by Crippen LogP contribution is -2.44. The van der Waals surface area contributed by atoms with E-state index in [-0.39, 0.29) is 11.9 Å². The number of rotatable bonds is 3. The van der Waals surface area contributed by atoms with Crippen LogP contribution >= 0.6 is 15.9 Å². The highest BCUT2D eigenvalue weighted by molar-refractivity contribution is 9.10. The molecule has 3 rings (SSSR count). The molecule has 1 aromatic carbocycles. The molecule has 1 saturated heterocycles. The topological polar surface area (TPSA) is 69.2 Å². The molecule has 0 saturated carbocycles. The van der Waals surface area contributed by atoms with Crippen LogP contribution in [0.25, 0.3) is 11.3 Å². The Kier molecular flexibility index (Phi) is 4.66. The summed E-state index contributed by atoms with van der Waals surface area (Å²) in [6, 6.07) is 6.11. The zero-order valence-electron chi connectivity index (χ0n) is 12.4. The molecule has 1 aliphatic heterocycles. The zero-order chi connectivity index (χ0) is 16.4. The van der Waals surface area contributed by atoms with E-state index in [4.69, 9.17) is 0 Å². The Morgan fingerprint density at radius 1 is 1.39 bits per heavy atom. The van der Waals surface area contributed by atoms with Gasteiger partial charge in [-0.25, -0.2) is 14.2 Å². The van der Waals surface area contributed by atoms with Gasteiger partial charge in [-0.1, -0.05) is 0 Å². The first kappa shape index (κ1) is 16.0. The summed E-state index contributed by atoms with van der Waals surface area (Å²) in [5.41, 5.74) is 1.61. The van der Waals surface area contributed by atoms with Gasteiger partial charge >= 0.3 is 6.09 Å². The molecule has 1 aliphatic rings. The number of benzene rings is 1. The van der Waals surface area contributed by atoms with Gasteiger partial charge in [0.2, 0.25) is 0 Å². The molecule has 1 aromatic heterocycles. The van der Waals surface area contributed by atoms with E-state index in [0.717, 1.165) is 36.3 Å². The molecule has 2 N–H and O–H groups in total.